The molecule has 0 saturated carbocycles. The molecule has 0 aliphatic rings. The predicted octanol–water partition coefficient (Wildman–Crippen LogP) is 3.42. The Balaban J connectivity index is 2.08. The van der Waals surface area contributed by atoms with Crippen LogP contribution in [0.4, 0.5) is 5.69 Å². The van der Waals surface area contributed by atoms with E-state index in [1.54, 1.807) is 24.3 Å². The smallest absolute Gasteiger partial charge is 0.258 e. The maximum atomic E-state index is 12.2. The zero-order valence-corrected chi connectivity index (χ0v) is 14.0. The highest BCUT2D eigenvalue weighted by Crippen LogP contribution is 2.26. The van der Waals surface area contributed by atoms with E-state index in [0.717, 1.165) is 11.6 Å². The molecular formula is C14H12Cl2N2O4S. The zero-order valence-electron chi connectivity index (χ0n) is 11.7. The second kappa shape index (κ2) is 7.27. The van der Waals surface area contributed by atoms with Crippen molar-refractivity contribution in [3.05, 3.63) is 68.2 Å². The molecule has 6 nitrogen and oxygen atoms in total. The van der Waals surface area contributed by atoms with Gasteiger partial charge in [0.15, 0.2) is 0 Å². The second-order valence-electron chi connectivity index (χ2n) is 4.64. The Hall–Kier alpha value is -1.67. The van der Waals surface area contributed by atoms with Gasteiger partial charge in [0.2, 0.25) is 10.0 Å². The number of hydrogen-bond acceptors (Lipinski definition) is 4. The molecule has 2 aromatic rings. The third kappa shape index (κ3) is 4.65. The highest BCUT2D eigenvalue weighted by atomic mass is 35.5. The van der Waals surface area contributed by atoms with Crippen LogP contribution >= 0.6 is 23.2 Å². The van der Waals surface area contributed by atoms with Gasteiger partial charge in [-0.2, -0.15) is 0 Å². The Morgan fingerprint density at radius 2 is 1.74 bits per heavy atom. The lowest BCUT2D eigenvalue weighted by molar-refractivity contribution is -0.384. The molecule has 9 heteroatoms. The summed E-state index contributed by atoms with van der Waals surface area (Å²) in [6, 6.07) is 10.4. The van der Waals surface area contributed by atoms with Gasteiger partial charge in [0, 0.05) is 17.6 Å². The van der Waals surface area contributed by atoms with Crippen molar-refractivity contribution in [2.24, 2.45) is 0 Å². The first-order chi connectivity index (χ1) is 10.8. The van der Waals surface area contributed by atoms with Crippen LogP contribution in [0, 0.1) is 10.1 Å². The minimum atomic E-state index is -3.85. The number of nitro benzene ring substituents is 1. The molecule has 0 heterocycles. The predicted molar refractivity (Wildman–Crippen MR) is 88.5 cm³/mol. The number of sulfonamides is 1. The number of benzene rings is 2. The third-order valence-electron chi connectivity index (χ3n) is 3.04. The maximum Gasteiger partial charge on any atom is 0.289 e. The topological polar surface area (TPSA) is 89.3 Å². The van der Waals surface area contributed by atoms with Crippen LogP contribution in [0.5, 0.6) is 0 Å². The summed E-state index contributed by atoms with van der Waals surface area (Å²) in [4.78, 5) is 9.89. The van der Waals surface area contributed by atoms with Gasteiger partial charge < -0.3 is 0 Å². The van der Waals surface area contributed by atoms with E-state index in [1.165, 1.54) is 12.1 Å². The molecule has 2 aromatic carbocycles. The number of nitrogens with one attached hydrogen (secondary N) is 1. The number of halogens is 2. The van der Waals surface area contributed by atoms with Crippen LogP contribution in [-0.2, 0) is 16.4 Å². The zero-order chi connectivity index (χ0) is 17.0. The van der Waals surface area contributed by atoms with Crippen LogP contribution < -0.4 is 4.72 Å². The van der Waals surface area contributed by atoms with E-state index in [4.69, 9.17) is 23.2 Å². The largest absolute Gasteiger partial charge is 0.289 e. The number of nitro groups is 1. The standard InChI is InChI=1S/C14H12Cl2N2O4S/c15-11-3-1-10(2-4-11)7-8-17-23(21,22)12-5-6-13(16)14(9-12)18(19)20/h1-6,9,17H,7-8H2. The molecule has 0 saturated heterocycles. The van der Waals surface area contributed by atoms with E-state index in [1.807, 2.05) is 0 Å². The van der Waals surface area contributed by atoms with E-state index in [0.29, 0.717) is 11.4 Å². The van der Waals surface area contributed by atoms with E-state index in [-0.39, 0.29) is 16.5 Å². The molecule has 0 fully saturated rings. The molecular weight excluding hydrogens is 363 g/mol. The summed E-state index contributed by atoms with van der Waals surface area (Å²) in [7, 11) is -3.85. The fourth-order valence-electron chi connectivity index (χ4n) is 1.86. The molecule has 2 rings (SSSR count). The van der Waals surface area contributed by atoms with Crippen molar-refractivity contribution < 1.29 is 13.3 Å². The van der Waals surface area contributed by atoms with Crippen molar-refractivity contribution in [1.82, 2.24) is 4.72 Å². The molecule has 0 aliphatic carbocycles. The van der Waals surface area contributed by atoms with Gasteiger partial charge in [0.25, 0.3) is 5.69 Å². The van der Waals surface area contributed by atoms with Crippen LogP contribution in [0.1, 0.15) is 5.56 Å². The second-order valence-corrected chi connectivity index (χ2v) is 7.26. The summed E-state index contributed by atoms with van der Waals surface area (Å²) >= 11 is 11.4. The van der Waals surface area contributed by atoms with Crippen LogP contribution in [0.3, 0.4) is 0 Å². The van der Waals surface area contributed by atoms with Crippen LogP contribution in [0.25, 0.3) is 0 Å². The summed E-state index contributed by atoms with van der Waals surface area (Å²) in [6.07, 6.45) is 0.464. The van der Waals surface area contributed by atoms with Crippen molar-refractivity contribution in [1.29, 1.82) is 0 Å². The first kappa shape index (κ1) is 17.7. The van der Waals surface area contributed by atoms with Gasteiger partial charge in [-0.1, -0.05) is 35.3 Å². The summed E-state index contributed by atoms with van der Waals surface area (Å²) in [5, 5.41) is 11.3. The van der Waals surface area contributed by atoms with E-state index < -0.39 is 20.6 Å². The molecule has 0 amide bonds. The first-order valence-electron chi connectivity index (χ1n) is 6.47. The van der Waals surface area contributed by atoms with Gasteiger partial charge in [-0.3, -0.25) is 10.1 Å². The van der Waals surface area contributed by atoms with Gasteiger partial charge in [-0.15, -0.1) is 0 Å². The lowest BCUT2D eigenvalue weighted by atomic mass is 10.2. The van der Waals surface area contributed by atoms with Crippen LogP contribution in [-0.4, -0.2) is 19.9 Å². The molecule has 23 heavy (non-hydrogen) atoms. The average molecular weight is 375 g/mol. The van der Waals surface area contributed by atoms with E-state index >= 15 is 0 Å². The molecule has 0 aliphatic heterocycles. The highest BCUT2D eigenvalue weighted by molar-refractivity contribution is 7.89. The van der Waals surface area contributed by atoms with Crippen molar-refractivity contribution in [2.45, 2.75) is 11.3 Å². The van der Waals surface area contributed by atoms with Crippen molar-refractivity contribution in [3.63, 3.8) is 0 Å². The Bertz CT molecular complexity index is 823. The SMILES string of the molecule is O=[N+]([O-])c1cc(S(=O)(=O)NCCc2ccc(Cl)cc2)ccc1Cl. The molecule has 0 unspecified atom stereocenters. The fraction of sp³-hybridized carbons (Fsp3) is 0.143. The number of rotatable bonds is 6. The first-order valence-corrected chi connectivity index (χ1v) is 8.71. The van der Waals surface area contributed by atoms with Gasteiger partial charge in [-0.25, -0.2) is 13.1 Å². The Labute approximate surface area is 143 Å². The minimum absolute atomic E-state index is 0.116. The number of nitrogens with zero attached hydrogens (tertiary/aromatic N) is 1. The molecule has 1 N–H and O–H groups in total. The van der Waals surface area contributed by atoms with Crippen molar-refractivity contribution in [3.8, 4) is 0 Å². The average Bonchev–Trinajstić information content (AvgIpc) is 2.49. The molecule has 0 spiro atoms. The van der Waals surface area contributed by atoms with Gasteiger partial charge in [0.1, 0.15) is 5.02 Å². The van der Waals surface area contributed by atoms with Gasteiger partial charge in [0.05, 0.1) is 9.82 Å². The summed E-state index contributed by atoms with van der Waals surface area (Å²) in [6.45, 7) is 0.153. The van der Waals surface area contributed by atoms with Crippen LogP contribution in [0.2, 0.25) is 10.0 Å². The van der Waals surface area contributed by atoms with E-state index in [9.17, 15) is 18.5 Å². The Morgan fingerprint density at radius 1 is 1.09 bits per heavy atom. The maximum absolute atomic E-state index is 12.2. The molecule has 0 bridgehead atoms. The van der Waals surface area contributed by atoms with E-state index in [2.05, 4.69) is 4.72 Å². The van der Waals surface area contributed by atoms with Gasteiger partial charge in [-0.05, 0) is 36.2 Å². The molecule has 0 radical (unpaired) electrons. The summed E-state index contributed by atoms with van der Waals surface area (Å²) in [5.41, 5.74) is 0.464. The molecule has 0 atom stereocenters. The lowest BCUT2D eigenvalue weighted by Gasteiger charge is -2.07. The Morgan fingerprint density at radius 3 is 2.35 bits per heavy atom. The minimum Gasteiger partial charge on any atom is -0.258 e. The molecule has 0 aromatic heterocycles. The van der Waals surface area contributed by atoms with Crippen molar-refractivity contribution in [2.75, 3.05) is 6.54 Å². The quantitative estimate of drug-likeness (QED) is 0.619. The van der Waals surface area contributed by atoms with Crippen molar-refractivity contribution >= 4 is 38.9 Å². The number of hydrogen-bond donors (Lipinski definition) is 1. The van der Waals surface area contributed by atoms with Crippen LogP contribution in [0.15, 0.2) is 47.4 Å². The van der Waals surface area contributed by atoms with Gasteiger partial charge >= 0.3 is 0 Å². The monoisotopic (exact) mass is 374 g/mol. The summed E-state index contributed by atoms with van der Waals surface area (Å²) < 4.78 is 26.7. The third-order valence-corrected chi connectivity index (χ3v) is 5.07. The normalized spacial score (nSPS) is 11.4. The summed E-state index contributed by atoms with van der Waals surface area (Å²) in [5.74, 6) is 0. The Kier molecular flexibility index (Phi) is 5.59. The molecule has 122 valence electrons. The lowest BCUT2D eigenvalue weighted by Crippen LogP contribution is -2.26. The fourth-order valence-corrected chi connectivity index (χ4v) is 3.23. The highest BCUT2D eigenvalue weighted by Gasteiger charge is 2.20.